The Hall–Kier alpha value is -1.26. The highest BCUT2D eigenvalue weighted by Crippen LogP contribution is 2.47. The normalized spacial score (nSPS) is 30.8. The largest absolute Gasteiger partial charge is 0.469 e. The quantitative estimate of drug-likeness (QED) is 0.651. The second-order valence-corrected chi connectivity index (χ2v) is 5.74. The summed E-state index contributed by atoms with van der Waals surface area (Å²) in [5.41, 5.74) is -0.495. The van der Waals surface area contributed by atoms with Gasteiger partial charge in [0.1, 0.15) is 5.60 Å². The second kappa shape index (κ2) is 3.89. The summed E-state index contributed by atoms with van der Waals surface area (Å²) in [6.07, 6.45) is 0.565. The van der Waals surface area contributed by atoms with Gasteiger partial charge in [-0.05, 0) is 33.1 Å². The molecule has 3 aliphatic rings. The van der Waals surface area contributed by atoms with Crippen LogP contribution < -0.4 is 0 Å². The van der Waals surface area contributed by atoms with Crippen molar-refractivity contribution >= 4 is 12.1 Å². The third-order valence-corrected chi connectivity index (χ3v) is 3.40. The Morgan fingerprint density at radius 1 is 1.29 bits per heavy atom. The number of nitrogens with zero attached hydrogens (tertiary/aromatic N) is 1. The lowest BCUT2D eigenvalue weighted by Crippen LogP contribution is -2.46. The van der Waals surface area contributed by atoms with E-state index in [4.69, 9.17) is 9.47 Å². The van der Waals surface area contributed by atoms with Crippen LogP contribution in [0.15, 0.2) is 0 Å². The predicted molar refractivity (Wildman–Crippen MR) is 60.3 cm³/mol. The molecule has 1 aliphatic carbocycles. The smallest absolute Gasteiger partial charge is 0.410 e. The molecular weight excluding hydrogens is 222 g/mol. The molecule has 0 radical (unpaired) electrons. The molecule has 2 aliphatic heterocycles. The molecule has 5 heteroatoms. The lowest BCUT2D eigenvalue weighted by molar-refractivity contribution is -0.151. The zero-order chi connectivity index (χ0) is 12.8. The van der Waals surface area contributed by atoms with Gasteiger partial charge in [-0.3, -0.25) is 4.79 Å². The van der Waals surface area contributed by atoms with Crippen molar-refractivity contribution in [2.24, 2.45) is 11.8 Å². The van der Waals surface area contributed by atoms with Crippen LogP contribution in [-0.2, 0) is 14.3 Å². The summed E-state index contributed by atoms with van der Waals surface area (Å²) in [4.78, 5) is 25.1. The van der Waals surface area contributed by atoms with E-state index >= 15 is 0 Å². The number of methoxy groups -OCH3 is 1. The number of hydrogen-bond donors (Lipinski definition) is 0. The molecule has 2 heterocycles. The van der Waals surface area contributed by atoms with Crippen LogP contribution in [0.25, 0.3) is 0 Å². The van der Waals surface area contributed by atoms with Crippen molar-refractivity contribution in [3.63, 3.8) is 0 Å². The van der Waals surface area contributed by atoms with E-state index in [1.807, 2.05) is 20.8 Å². The van der Waals surface area contributed by atoms with Crippen molar-refractivity contribution in [2.45, 2.75) is 38.8 Å². The molecule has 0 unspecified atom stereocenters. The maximum Gasteiger partial charge on any atom is 0.410 e. The van der Waals surface area contributed by atoms with Crippen molar-refractivity contribution in [1.82, 2.24) is 4.90 Å². The molecule has 0 aromatic rings. The number of amides is 1. The highest BCUT2D eigenvalue weighted by Gasteiger charge is 2.58. The average molecular weight is 241 g/mol. The molecule has 96 valence electrons. The monoisotopic (exact) mass is 241 g/mol. The molecule has 2 bridgehead atoms. The van der Waals surface area contributed by atoms with Crippen LogP contribution >= 0.6 is 0 Å². The molecule has 3 rings (SSSR count). The molecule has 0 aromatic carbocycles. The molecule has 1 saturated carbocycles. The SMILES string of the molecule is COC(=O)[C@@H]1[C@@H]2C[C@H]1N(C(=O)OC(C)(C)C)C2. The van der Waals surface area contributed by atoms with Crippen LogP contribution in [0.1, 0.15) is 27.2 Å². The molecule has 17 heavy (non-hydrogen) atoms. The maximum absolute atomic E-state index is 11.9. The van der Waals surface area contributed by atoms with Crippen molar-refractivity contribution in [3.05, 3.63) is 0 Å². The third kappa shape index (κ3) is 2.10. The number of fused-ring (bicyclic) bond motifs is 1. The van der Waals surface area contributed by atoms with E-state index < -0.39 is 5.60 Å². The number of carbonyl (C=O) groups excluding carboxylic acids is 2. The second-order valence-electron chi connectivity index (χ2n) is 5.74. The fourth-order valence-corrected chi connectivity index (χ4v) is 2.64. The Balaban J connectivity index is 1.98. The lowest BCUT2D eigenvalue weighted by Gasteiger charge is -2.34. The number of ether oxygens (including phenoxy) is 2. The van der Waals surface area contributed by atoms with Crippen LogP contribution in [0, 0.1) is 11.8 Å². The van der Waals surface area contributed by atoms with Crippen molar-refractivity contribution in [1.29, 1.82) is 0 Å². The van der Waals surface area contributed by atoms with Gasteiger partial charge >= 0.3 is 12.1 Å². The Morgan fingerprint density at radius 3 is 2.47 bits per heavy atom. The van der Waals surface area contributed by atoms with Gasteiger partial charge in [-0.15, -0.1) is 0 Å². The molecule has 0 N–H and O–H groups in total. The number of rotatable bonds is 1. The van der Waals surface area contributed by atoms with Crippen LogP contribution in [0.2, 0.25) is 0 Å². The minimum atomic E-state index is -0.495. The van der Waals surface area contributed by atoms with E-state index in [-0.39, 0.29) is 29.9 Å². The van der Waals surface area contributed by atoms with Gasteiger partial charge in [0.15, 0.2) is 0 Å². The molecule has 3 fully saturated rings. The van der Waals surface area contributed by atoms with Gasteiger partial charge in [0.05, 0.1) is 13.0 Å². The van der Waals surface area contributed by atoms with Gasteiger partial charge in [0.25, 0.3) is 0 Å². The minimum absolute atomic E-state index is 0.0256. The number of hydrogen-bond acceptors (Lipinski definition) is 4. The van der Waals surface area contributed by atoms with Crippen LogP contribution in [0.5, 0.6) is 0 Å². The van der Waals surface area contributed by atoms with Crippen molar-refractivity contribution < 1.29 is 19.1 Å². The molecule has 3 atom stereocenters. The van der Waals surface area contributed by atoms with Crippen molar-refractivity contribution in [2.75, 3.05) is 13.7 Å². The molecule has 2 saturated heterocycles. The Kier molecular flexibility index (Phi) is 2.79. The van der Waals surface area contributed by atoms with E-state index in [2.05, 4.69) is 0 Å². The van der Waals surface area contributed by atoms with E-state index in [9.17, 15) is 9.59 Å². The van der Waals surface area contributed by atoms with E-state index in [0.29, 0.717) is 6.54 Å². The first-order chi connectivity index (χ1) is 7.83. The van der Waals surface area contributed by atoms with E-state index in [0.717, 1.165) is 6.42 Å². The topological polar surface area (TPSA) is 55.8 Å². The molecule has 5 nitrogen and oxygen atoms in total. The van der Waals surface area contributed by atoms with Gasteiger partial charge in [-0.1, -0.05) is 0 Å². The zero-order valence-corrected chi connectivity index (χ0v) is 10.7. The highest BCUT2D eigenvalue weighted by atomic mass is 16.6. The Labute approximate surface area is 101 Å². The van der Waals surface area contributed by atoms with Crippen LogP contribution in [0.4, 0.5) is 4.79 Å². The number of carbonyl (C=O) groups is 2. The van der Waals surface area contributed by atoms with Gasteiger partial charge in [-0.25, -0.2) is 4.79 Å². The summed E-state index contributed by atoms with van der Waals surface area (Å²) in [6, 6.07) is -0.0256. The summed E-state index contributed by atoms with van der Waals surface area (Å²) >= 11 is 0. The van der Waals surface area contributed by atoms with Gasteiger partial charge in [0.2, 0.25) is 0 Å². The first-order valence-electron chi connectivity index (χ1n) is 5.91. The van der Waals surface area contributed by atoms with Crippen molar-refractivity contribution in [3.8, 4) is 0 Å². The van der Waals surface area contributed by atoms with Crippen LogP contribution in [-0.4, -0.2) is 42.3 Å². The molecule has 1 amide bonds. The zero-order valence-electron chi connectivity index (χ0n) is 10.7. The standard InChI is InChI=1S/C12H19NO4/c1-12(2,3)17-11(15)13-6-7-5-8(13)9(7)10(14)16-4/h7-9H,5-6H2,1-4H3/t7-,8-,9-/m1/s1. The Morgan fingerprint density at radius 2 is 1.94 bits per heavy atom. The average Bonchev–Trinajstić information content (AvgIpc) is 2.71. The van der Waals surface area contributed by atoms with Gasteiger partial charge < -0.3 is 14.4 Å². The first kappa shape index (κ1) is 12.2. The van der Waals surface area contributed by atoms with Crippen LogP contribution in [0.3, 0.4) is 0 Å². The lowest BCUT2D eigenvalue weighted by atomic mass is 9.74. The minimum Gasteiger partial charge on any atom is -0.469 e. The number of esters is 1. The van der Waals surface area contributed by atoms with Gasteiger partial charge in [0, 0.05) is 12.6 Å². The van der Waals surface area contributed by atoms with Gasteiger partial charge in [-0.2, -0.15) is 0 Å². The summed E-state index contributed by atoms with van der Waals surface area (Å²) in [5.74, 6) is -0.107. The summed E-state index contributed by atoms with van der Waals surface area (Å²) in [5, 5.41) is 0. The van der Waals surface area contributed by atoms with E-state index in [1.54, 1.807) is 4.90 Å². The highest BCUT2D eigenvalue weighted by molar-refractivity contribution is 5.78. The van der Waals surface area contributed by atoms with E-state index in [1.165, 1.54) is 7.11 Å². The predicted octanol–water partition coefficient (Wildman–Crippen LogP) is 1.41. The first-order valence-corrected chi connectivity index (χ1v) is 5.91. The fourth-order valence-electron chi connectivity index (χ4n) is 2.64. The maximum atomic E-state index is 11.9. The molecule has 0 spiro atoms. The summed E-state index contributed by atoms with van der Waals surface area (Å²) in [6.45, 7) is 6.12. The molecule has 0 aromatic heterocycles. The third-order valence-electron chi connectivity index (χ3n) is 3.40. The fraction of sp³-hybridized carbons (Fsp3) is 0.833. The molecular formula is C12H19NO4. The summed E-state index contributed by atoms with van der Waals surface area (Å²) < 4.78 is 10.1. The summed E-state index contributed by atoms with van der Waals surface area (Å²) in [7, 11) is 1.39. The Bertz CT molecular complexity index is 347.